The Kier molecular flexibility index (Phi) is 13.4. The molecule has 1 aliphatic heterocycles. The van der Waals surface area contributed by atoms with E-state index >= 15 is 0 Å². The van der Waals surface area contributed by atoms with Gasteiger partial charge in [-0.3, -0.25) is 9.78 Å². The van der Waals surface area contributed by atoms with Crippen molar-refractivity contribution < 1.29 is 24.1 Å². The molecule has 0 unspecified atom stereocenters. The number of methoxy groups -OCH3 is 3. The lowest BCUT2D eigenvalue weighted by molar-refractivity contribution is -0.133. The first-order valence-corrected chi connectivity index (χ1v) is 17.5. The Bertz CT molecular complexity index is 1760. The molecule has 0 bridgehead atoms. The maximum Gasteiger partial charge on any atom is 0.224 e. The Labute approximate surface area is 304 Å². The van der Waals surface area contributed by atoms with Crippen LogP contribution in [-0.2, 0) is 22.6 Å². The lowest BCUT2D eigenvalue weighted by Gasteiger charge is -2.32. The van der Waals surface area contributed by atoms with Crippen LogP contribution in [0.2, 0.25) is 10.0 Å². The number of amides is 1. The zero-order valence-electron chi connectivity index (χ0n) is 29.0. The van der Waals surface area contributed by atoms with Crippen LogP contribution in [0, 0.1) is 0 Å². The summed E-state index contributed by atoms with van der Waals surface area (Å²) >= 11 is 14.1. The summed E-state index contributed by atoms with van der Waals surface area (Å²) in [5.41, 5.74) is 6.21. The molecular formula is C38H45Cl2N5O5. The summed E-state index contributed by atoms with van der Waals surface area (Å²) in [5, 5.41) is 17.4. The van der Waals surface area contributed by atoms with Crippen LogP contribution in [0.5, 0.6) is 11.6 Å². The molecule has 1 saturated heterocycles. The lowest BCUT2D eigenvalue weighted by atomic mass is 9.99. The topological polar surface area (TPSA) is 118 Å². The zero-order chi connectivity index (χ0) is 35.6. The monoisotopic (exact) mass is 721 g/mol. The molecule has 1 aliphatic rings. The molecule has 0 aliphatic carbocycles. The lowest BCUT2D eigenvalue weighted by Crippen LogP contribution is -2.44. The van der Waals surface area contributed by atoms with Gasteiger partial charge in [0, 0.05) is 85.5 Å². The molecule has 2 aromatic carbocycles. The number of rotatable bonds is 15. The van der Waals surface area contributed by atoms with Gasteiger partial charge in [0.05, 0.1) is 54.8 Å². The molecular weight excluding hydrogens is 677 g/mol. The number of ether oxygens (including phenoxy) is 3. The summed E-state index contributed by atoms with van der Waals surface area (Å²) in [6, 6.07) is 17.7. The van der Waals surface area contributed by atoms with Crippen molar-refractivity contribution in [2.45, 2.75) is 51.4 Å². The van der Waals surface area contributed by atoms with Crippen LogP contribution >= 0.6 is 23.2 Å². The van der Waals surface area contributed by atoms with Gasteiger partial charge in [-0.1, -0.05) is 59.6 Å². The van der Waals surface area contributed by atoms with Crippen molar-refractivity contribution in [3.05, 3.63) is 82.0 Å². The van der Waals surface area contributed by atoms with Crippen LogP contribution in [0.1, 0.15) is 37.3 Å². The number of aromatic nitrogens is 2. The van der Waals surface area contributed by atoms with E-state index in [4.69, 9.17) is 42.4 Å². The number of benzene rings is 2. The summed E-state index contributed by atoms with van der Waals surface area (Å²) in [6.45, 7) is 5.27. The molecule has 1 atom stereocenters. The predicted molar refractivity (Wildman–Crippen MR) is 198 cm³/mol. The molecule has 0 saturated carbocycles. The number of carbonyl (C=O) groups is 1. The van der Waals surface area contributed by atoms with Crippen molar-refractivity contribution in [2.24, 2.45) is 0 Å². The Hall–Kier alpha value is -3.77. The summed E-state index contributed by atoms with van der Waals surface area (Å²) in [4.78, 5) is 23.7. The van der Waals surface area contributed by atoms with Crippen molar-refractivity contribution in [3.63, 3.8) is 0 Å². The van der Waals surface area contributed by atoms with Gasteiger partial charge in [-0.2, -0.15) is 0 Å². The van der Waals surface area contributed by atoms with E-state index in [0.717, 1.165) is 59.3 Å². The third-order valence-electron chi connectivity index (χ3n) is 8.85. The van der Waals surface area contributed by atoms with Gasteiger partial charge >= 0.3 is 0 Å². The van der Waals surface area contributed by atoms with E-state index in [1.807, 2.05) is 59.5 Å². The number of pyridine rings is 2. The van der Waals surface area contributed by atoms with Gasteiger partial charge in [-0.05, 0) is 38.0 Å². The van der Waals surface area contributed by atoms with Gasteiger partial charge in [0.25, 0.3) is 0 Å². The maximum atomic E-state index is 12.3. The van der Waals surface area contributed by atoms with Crippen LogP contribution < -0.4 is 20.1 Å². The van der Waals surface area contributed by atoms with Gasteiger partial charge < -0.3 is 34.9 Å². The van der Waals surface area contributed by atoms with Gasteiger partial charge in [-0.15, -0.1) is 0 Å². The minimum Gasteiger partial charge on any atom is -0.496 e. The second kappa shape index (κ2) is 17.9. The summed E-state index contributed by atoms with van der Waals surface area (Å²) in [6.07, 6.45) is 3.46. The van der Waals surface area contributed by atoms with Crippen LogP contribution in [0.3, 0.4) is 0 Å². The average molecular weight is 723 g/mol. The van der Waals surface area contributed by atoms with E-state index in [2.05, 4.69) is 15.6 Å². The summed E-state index contributed by atoms with van der Waals surface area (Å²) < 4.78 is 16.4. The molecule has 1 fully saturated rings. The number of nitrogens with zero attached hydrogens (tertiary/aromatic N) is 3. The number of likely N-dealkylation sites (tertiary alicyclic amines) is 1. The molecule has 0 spiro atoms. The SMILES string of the molecule is COCCC(=O)N1CCC(NCc2ccc(-c3cccc(-c4ccnc(-c5ccc(CNC[C@@H](C)O)c(OC)c5)c4Cl)c3Cl)nc2OC)CC1. The number of piperidine rings is 1. The Morgan fingerprint density at radius 3 is 2.42 bits per heavy atom. The van der Waals surface area contributed by atoms with Crippen LogP contribution in [0.25, 0.3) is 33.6 Å². The minimum absolute atomic E-state index is 0.144. The molecule has 266 valence electrons. The Balaban J connectivity index is 1.32. The third-order valence-corrected chi connectivity index (χ3v) is 9.64. The maximum absolute atomic E-state index is 12.3. The minimum atomic E-state index is -0.443. The van der Waals surface area contributed by atoms with E-state index < -0.39 is 6.10 Å². The fourth-order valence-corrected chi connectivity index (χ4v) is 6.76. The van der Waals surface area contributed by atoms with Crippen LogP contribution in [0.15, 0.2) is 60.8 Å². The number of aliphatic hydroxyl groups is 1. The Morgan fingerprint density at radius 2 is 1.70 bits per heavy atom. The number of carbonyl (C=O) groups excluding carboxylic acids is 1. The Morgan fingerprint density at radius 1 is 0.960 bits per heavy atom. The fraction of sp³-hybridized carbons (Fsp3) is 0.395. The highest BCUT2D eigenvalue weighted by atomic mass is 35.5. The predicted octanol–water partition coefficient (Wildman–Crippen LogP) is 6.39. The summed E-state index contributed by atoms with van der Waals surface area (Å²) in [5.74, 6) is 1.36. The molecule has 1 amide bonds. The molecule has 0 radical (unpaired) electrons. The third kappa shape index (κ3) is 9.11. The van der Waals surface area contributed by atoms with Crippen molar-refractivity contribution in [1.82, 2.24) is 25.5 Å². The van der Waals surface area contributed by atoms with E-state index in [1.165, 1.54) is 0 Å². The molecule has 12 heteroatoms. The van der Waals surface area contributed by atoms with Gasteiger partial charge in [0.15, 0.2) is 0 Å². The number of nitrogens with one attached hydrogen (secondary N) is 2. The number of aliphatic hydroxyl groups excluding tert-OH is 1. The number of hydrogen-bond donors (Lipinski definition) is 3. The zero-order valence-corrected chi connectivity index (χ0v) is 30.5. The second-order valence-electron chi connectivity index (χ2n) is 12.3. The van der Waals surface area contributed by atoms with Gasteiger partial charge in [0.1, 0.15) is 5.75 Å². The van der Waals surface area contributed by atoms with Crippen molar-refractivity contribution in [3.8, 4) is 45.3 Å². The first-order chi connectivity index (χ1) is 24.2. The molecule has 3 N–H and O–H groups in total. The van der Waals surface area contributed by atoms with E-state index in [9.17, 15) is 9.90 Å². The first-order valence-electron chi connectivity index (χ1n) is 16.8. The normalized spacial score (nSPS) is 14.1. The van der Waals surface area contributed by atoms with E-state index in [1.54, 1.807) is 34.4 Å². The molecule has 3 heterocycles. The molecule has 4 aromatic rings. The van der Waals surface area contributed by atoms with Crippen molar-refractivity contribution >= 4 is 29.1 Å². The highest BCUT2D eigenvalue weighted by Crippen LogP contribution is 2.42. The van der Waals surface area contributed by atoms with E-state index in [0.29, 0.717) is 71.8 Å². The van der Waals surface area contributed by atoms with Gasteiger partial charge in [-0.25, -0.2) is 4.98 Å². The number of halogens is 2. The molecule has 10 nitrogen and oxygen atoms in total. The fourth-order valence-electron chi connectivity index (χ4n) is 6.11. The summed E-state index contributed by atoms with van der Waals surface area (Å²) in [7, 11) is 4.85. The second-order valence-corrected chi connectivity index (χ2v) is 13.1. The molecule has 2 aromatic heterocycles. The van der Waals surface area contributed by atoms with Crippen LogP contribution in [0.4, 0.5) is 0 Å². The quantitative estimate of drug-likeness (QED) is 0.128. The first kappa shape index (κ1) is 37.5. The van der Waals surface area contributed by atoms with Crippen molar-refractivity contribution in [1.29, 1.82) is 0 Å². The molecule has 5 rings (SSSR count). The van der Waals surface area contributed by atoms with Crippen molar-refractivity contribution in [2.75, 3.05) is 47.6 Å². The smallest absolute Gasteiger partial charge is 0.224 e. The van der Waals surface area contributed by atoms with E-state index in [-0.39, 0.29) is 5.91 Å². The highest BCUT2D eigenvalue weighted by molar-refractivity contribution is 6.39. The number of hydrogen-bond acceptors (Lipinski definition) is 9. The van der Waals surface area contributed by atoms with Gasteiger partial charge in [0.2, 0.25) is 11.8 Å². The molecule has 50 heavy (non-hydrogen) atoms. The largest absolute Gasteiger partial charge is 0.496 e. The average Bonchev–Trinajstić information content (AvgIpc) is 3.13. The highest BCUT2D eigenvalue weighted by Gasteiger charge is 2.23. The van der Waals surface area contributed by atoms with Crippen LogP contribution in [-0.4, -0.2) is 85.6 Å². The standard InChI is InChI=1S/C38H45Cl2N5O5/c1-24(46)21-41-22-26-9-8-25(20-33(26)49-3)37-36(40)30(12-16-42-37)29-6-5-7-31(35(29)39)32-11-10-27(38(44-32)50-4)23-43-28-13-17-45(18-14-28)34(47)15-19-48-2/h5-12,16,20,24,28,41,43,46H,13-15,17-19,21-23H2,1-4H3/t24-/m1/s1.